The maximum Gasteiger partial charge on any atom is 0.343 e. The summed E-state index contributed by atoms with van der Waals surface area (Å²) in [5.74, 6) is 0.766. The first-order valence-electron chi connectivity index (χ1n) is 8.31. The number of nitro groups is 1. The normalized spacial score (nSPS) is 14.8. The highest BCUT2D eigenvalue weighted by atomic mass is 16.6. The first-order chi connectivity index (χ1) is 11.6. The molecule has 0 unspecified atom stereocenters. The molecule has 0 radical (unpaired) electrons. The molecule has 1 fully saturated rings. The van der Waals surface area contributed by atoms with E-state index in [4.69, 9.17) is 5.53 Å². The number of nitro benzene ring substituents is 1. The van der Waals surface area contributed by atoms with E-state index in [2.05, 4.69) is 10.5 Å². The number of carbonyl (C=O) groups excluding carboxylic acids is 1. The second kappa shape index (κ2) is 8.95. The van der Waals surface area contributed by atoms with Crippen LogP contribution >= 0.6 is 0 Å². The Hall–Kier alpha value is -2.51. The van der Waals surface area contributed by atoms with Crippen LogP contribution < -0.4 is 10.3 Å². The Kier molecular flexibility index (Phi) is 6.65. The Balaban J connectivity index is 1.80. The highest BCUT2D eigenvalue weighted by Gasteiger charge is 2.17. The summed E-state index contributed by atoms with van der Waals surface area (Å²) >= 11 is 0. The van der Waals surface area contributed by atoms with Crippen molar-refractivity contribution in [3.05, 3.63) is 34.4 Å². The number of hydrogen-bond donors (Lipinski definition) is 2. The third-order valence-corrected chi connectivity index (χ3v) is 4.39. The lowest BCUT2D eigenvalue weighted by atomic mass is 9.86. The average molecular weight is 333 g/mol. The van der Waals surface area contributed by atoms with Crippen LogP contribution in [0, 0.1) is 21.6 Å². The van der Waals surface area contributed by atoms with Crippen LogP contribution in [0.25, 0.3) is 0 Å². The first kappa shape index (κ1) is 17.8. The van der Waals surface area contributed by atoms with Crippen molar-refractivity contribution in [3.8, 4) is 0 Å². The smallest absolute Gasteiger partial charge is 0.336 e. The molecule has 8 heteroatoms. The average Bonchev–Trinajstić information content (AvgIpc) is 2.61. The summed E-state index contributed by atoms with van der Waals surface area (Å²) < 4.78 is 0. The SMILES string of the molecule is N=NN(C(=O)NCCCC1CCCCC1)c1ccc([N+](=O)[O-])cc1. The summed E-state index contributed by atoms with van der Waals surface area (Å²) in [6, 6.07) is 4.87. The Morgan fingerprint density at radius 2 is 1.96 bits per heavy atom. The Morgan fingerprint density at radius 3 is 2.54 bits per heavy atom. The number of anilines is 1. The molecule has 2 amide bonds. The molecule has 24 heavy (non-hydrogen) atoms. The molecular formula is C16H23N5O3. The summed E-state index contributed by atoms with van der Waals surface area (Å²) in [6.07, 6.45) is 8.53. The molecule has 8 nitrogen and oxygen atoms in total. The van der Waals surface area contributed by atoms with Gasteiger partial charge in [0.25, 0.3) is 5.69 Å². The van der Waals surface area contributed by atoms with Crippen molar-refractivity contribution in [2.75, 3.05) is 11.6 Å². The highest BCUT2D eigenvalue weighted by molar-refractivity contribution is 5.91. The number of nitrogens with zero attached hydrogens (tertiary/aromatic N) is 3. The van der Waals surface area contributed by atoms with E-state index in [1.165, 1.54) is 56.4 Å². The fraction of sp³-hybridized carbons (Fsp3) is 0.562. The van der Waals surface area contributed by atoms with Gasteiger partial charge in [0.15, 0.2) is 0 Å². The predicted octanol–water partition coefficient (Wildman–Crippen LogP) is 4.42. The number of benzene rings is 1. The maximum atomic E-state index is 12.1. The van der Waals surface area contributed by atoms with Crippen LogP contribution in [0.1, 0.15) is 44.9 Å². The van der Waals surface area contributed by atoms with Crippen molar-refractivity contribution in [2.24, 2.45) is 11.1 Å². The molecule has 1 aliphatic carbocycles. The van der Waals surface area contributed by atoms with Gasteiger partial charge in [0.1, 0.15) is 0 Å². The van der Waals surface area contributed by atoms with E-state index in [0.29, 0.717) is 12.2 Å². The molecule has 0 saturated heterocycles. The number of rotatable bonds is 7. The minimum absolute atomic E-state index is 0.0726. The molecule has 1 aromatic rings. The second-order valence-electron chi connectivity index (χ2n) is 6.06. The maximum absolute atomic E-state index is 12.1. The van der Waals surface area contributed by atoms with Crippen molar-refractivity contribution in [1.82, 2.24) is 5.32 Å². The van der Waals surface area contributed by atoms with E-state index in [1.807, 2.05) is 0 Å². The van der Waals surface area contributed by atoms with Crippen molar-refractivity contribution >= 4 is 17.4 Å². The molecule has 2 rings (SSSR count). The quantitative estimate of drug-likeness (QED) is 0.333. The zero-order valence-corrected chi connectivity index (χ0v) is 13.6. The Morgan fingerprint density at radius 1 is 1.29 bits per heavy atom. The van der Waals surface area contributed by atoms with E-state index >= 15 is 0 Å². The summed E-state index contributed by atoms with van der Waals surface area (Å²) in [4.78, 5) is 22.2. The lowest BCUT2D eigenvalue weighted by Gasteiger charge is -2.21. The van der Waals surface area contributed by atoms with Gasteiger partial charge in [-0.2, -0.15) is 10.5 Å². The highest BCUT2D eigenvalue weighted by Crippen LogP contribution is 2.27. The van der Waals surface area contributed by atoms with Gasteiger partial charge in [-0.15, -0.1) is 0 Å². The molecule has 1 aliphatic rings. The predicted molar refractivity (Wildman–Crippen MR) is 89.9 cm³/mol. The van der Waals surface area contributed by atoms with Gasteiger partial charge in [-0.1, -0.05) is 37.3 Å². The largest absolute Gasteiger partial charge is 0.343 e. The lowest BCUT2D eigenvalue weighted by molar-refractivity contribution is -0.384. The zero-order valence-electron chi connectivity index (χ0n) is 13.6. The van der Waals surface area contributed by atoms with E-state index in [1.54, 1.807) is 0 Å². The summed E-state index contributed by atoms with van der Waals surface area (Å²) in [7, 11) is 0. The molecular weight excluding hydrogens is 310 g/mol. The minimum atomic E-state index is -0.517. The second-order valence-corrected chi connectivity index (χ2v) is 6.06. The summed E-state index contributed by atoms with van der Waals surface area (Å²) in [5.41, 5.74) is 7.41. The van der Waals surface area contributed by atoms with Crippen LogP contribution in [-0.2, 0) is 0 Å². The fourth-order valence-corrected chi connectivity index (χ4v) is 3.07. The molecule has 0 aliphatic heterocycles. The summed E-state index contributed by atoms with van der Waals surface area (Å²) in [6.45, 7) is 0.536. The number of urea groups is 1. The summed E-state index contributed by atoms with van der Waals surface area (Å²) in [5, 5.41) is 17.5. The number of amides is 2. The van der Waals surface area contributed by atoms with Gasteiger partial charge >= 0.3 is 6.03 Å². The van der Waals surface area contributed by atoms with Crippen molar-refractivity contribution in [3.63, 3.8) is 0 Å². The number of carbonyl (C=O) groups is 1. The topological polar surface area (TPSA) is 112 Å². The van der Waals surface area contributed by atoms with E-state index in [0.717, 1.165) is 23.8 Å². The number of hydrogen-bond acceptors (Lipinski definition) is 5. The Labute approximate surface area is 140 Å². The fourth-order valence-electron chi connectivity index (χ4n) is 3.07. The molecule has 0 spiro atoms. The molecule has 0 aromatic heterocycles. The molecule has 2 N–H and O–H groups in total. The van der Waals surface area contributed by atoms with Crippen LogP contribution in [0.5, 0.6) is 0 Å². The van der Waals surface area contributed by atoms with Crippen molar-refractivity contribution in [2.45, 2.75) is 44.9 Å². The van der Waals surface area contributed by atoms with Crippen LogP contribution in [-0.4, -0.2) is 17.5 Å². The van der Waals surface area contributed by atoms with E-state index < -0.39 is 11.0 Å². The molecule has 0 heterocycles. The van der Waals surface area contributed by atoms with Gasteiger partial charge < -0.3 is 5.32 Å². The first-order valence-corrected chi connectivity index (χ1v) is 8.31. The van der Waals surface area contributed by atoms with Crippen molar-refractivity contribution < 1.29 is 9.72 Å². The molecule has 130 valence electrons. The lowest BCUT2D eigenvalue weighted by Crippen LogP contribution is -2.36. The molecule has 1 saturated carbocycles. The van der Waals surface area contributed by atoms with Crippen LogP contribution in [0.3, 0.4) is 0 Å². The van der Waals surface area contributed by atoms with E-state index in [9.17, 15) is 14.9 Å². The third-order valence-electron chi connectivity index (χ3n) is 4.39. The van der Waals surface area contributed by atoms with Gasteiger partial charge in [0.2, 0.25) is 0 Å². The molecule has 0 bridgehead atoms. The van der Waals surface area contributed by atoms with Crippen molar-refractivity contribution in [1.29, 1.82) is 5.53 Å². The van der Waals surface area contributed by atoms with Gasteiger partial charge in [0.05, 0.1) is 10.6 Å². The molecule has 0 atom stereocenters. The van der Waals surface area contributed by atoms with Gasteiger partial charge in [0, 0.05) is 18.7 Å². The number of non-ortho nitro benzene ring substituents is 1. The number of nitrogens with one attached hydrogen (secondary N) is 2. The van der Waals surface area contributed by atoms with Gasteiger partial charge in [-0.25, -0.2) is 4.79 Å². The third kappa shape index (κ3) is 5.00. The minimum Gasteiger partial charge on any atom is -0.336 e. The monoisotopic (exact) mass is 333 g/mol. The van der Waals surface area contributed by atoms with E-state index in [-0.39, 0.29) is 5.69 Å². The van der Waals surface area contributed by atoms with Crippen LogP contribution in [0.15, 0.2) is 29.5 Å². The Bertz CT molecular complexity index is 570. The molecule has 1 aromatic carbocycles. The zero-order chi connectivity index (χ0) is 17.4. The van der Waals surface area contributed by atoms with Crippen LogP contribution in [0.4, 0.5) is 16.2 Å². The van der Waals surface area contributed by atoms with Crippen LogP contribution in [0.2, 0.25) is 0 Å². The van der Waals surface area contributed by atoms with Gasteiger partial charge in [-0.3, -0.25) is 10.1 Å². The standard InChI is InChI=1S/C16H23N5O3/c17-19-20(14-8-10-15(11-9-14)21(23)24)16(22)18-12-4-7-13-5-2-1-3-6-13/h8-11,13,17H,1-7,12H2,(H,18,22). The van der Waals surface area contributed by atoms with Gasteiger partial charge in [-0.05, 0) is 30.9 Å².